The third-order valence-corrected chi connectivity index (χ3v) is 2.99. The van der Waals surface area contributed by atoms with E-state index in [0.717, 1.165) is 36.7 Å². The lowest BCUT2D eigenvalue weighted by atomic mass is 10.1. The van der Waals surface area contributed by atoms with Gasteiger partial charge >= 0.3 is 0 Å². The van der Waals surface area contributed by atoms with Crippen LogP contribution in [-0.2, 0) is 20.0 Å². The van der Waals surface area contributed by atoms with Gasteiger partial charge in [-0.05, 0) is 30.7 Å². The molecule has 0 aliphatic rings. The van der Waals surface area contributed by atoms with Crippen molar-refractivity contribution in [2.75, 3.05) is 20.8 Å². The maximum Gasteiger partial charge on any atom is 0.160 e. The van der Waals surface area contributed by atoms with Crippen LogP contribution in [0, 0.1) is 0 Å². The van der Waals surface area contributed by atoms with E-state index in [2.05, 4.69) is 15.6 Å². The van der Waals surface area contributed by atoms with Gasteiger partial charge in [0.1, 0.15) is 0 Å². The second-order valence-corrected chi connectivity index (χ2v) is 4.50. The second kappa shape index (κ2) is 6.91. The molecule has 0 radical (unpaired) electrons. The van der Waals surface area contributed by atoms with Gasteiger partial charge in [0.25, 0.3) is 0 Å². The normalized spacial score (nSPS) is 10.6. The third-order valence-electron chi connectivity index (χ3n) is 2.99. The van der Waals surface area contributed by atoms with Crippen LogP contribution in [0.3, 0.4) is 0 Å². The zero-order valence-electron chi connectivity index (χ0n) is 12.1. The molecule has 108 valence electrons. The van der Waals surface area contributed by atoms with Gasteiger partial charge < -0.3 is 14.8 Å². The highest BCUT2D eigenvalue weighted by atomic mass is 16.5. The van der Waals surface area contributed by atoms with Crippen LogP contribution in [0.15, 0.2) is 24.4 Å². The Morgan fingerprint density at radius 1 is 1.20 bits per heavy atom. The van der Waals surface area contributed by atoms with Crippen LogP contribution in [0.1, 0.15) is 11.3 Å². The molecule has 0 bridgehead atoms. The molecule has 1 aromatic carbocycles. The fraction of sp³-hybridized carbons (Fsp3) is 0.429. The zero-order chi connectivity index (χ0) is 14.4. The Morgan fingerprint density at radius 3 is 2.65 bits per heavy atom. The van der Waals surface area contributed by atoms with Crippen molar-refractivity contribution in [3.63, 3.8) is 0 Å². The first-order chi connectivity index (χ1) is 9.72. The molecule has 20 heavy (non-hydrogen) atoms. The van der Waals surface area contributed by atoms with Crippen molar-refractivity contribution in [2.24, 2.45) is 7.05 Å². The van der Waals surface area contributed by atoms with Gasteiger partial charge in [0.05, 0.1) is 19.9 Å². The molecule has 1 aromatic heterocycles. The predicted octanol–water partition coefficient (Wildman–Crippen LogP) is 1.16. The summed E-state index contributed by atoms with van der Waals surface area (Å²) in [6, 6.07) is 5.98. The maximum atomic E-state index is 5.29. The highest BCUT2D eigenvalue weighted by molar-refractivity contribution is 5.42. The molecule has 6 nitrogen and oxygen atoms in total. The van der Waals surface area contributed by atoms with Crippen LogP contribution in [0.2, 0.25) is 0 Å². The molecule has 0 aliphatic heterocycles. The summed E-state index contributed by atoms with van der Waals surface area (Å²) in [5.41, 5.74) is 2.15. The topological polar surface area (TPSA) is 61.2 Å². The van der Waals surface area contributed by atoms with Crippen LogP contribution < -0.4 is 14.8 Å². The summed E-state index contributed by atoms with van der Waals surface area (Å²) >= 11 is 0. The first-order valence-electron chi connectivity index (χ1n) is 6.49. The molecule has 0 fully saturated rings. The second-order valence-electron chi connectivity index (χ2n) is 4.50. The van der Waals surface area contributed by atoms with Crippen LogP contribution in [0.4, 0.5) is 0 Å². The molecular weight excluding hydrogens is 256 g/mol. The highest BCUT2D eigenvalue weighted by Crippen LogP contribution is 2.27. The first-order valence-corrected chi connectivity index (χ1v) is 6.49. The molecule has 0 aliphatic carbocycles. The van der Waals surface area contributed by atoms with Crippen molar-refractivity contribution >= 4 is 0 Å². The Labute approximate surface area is 118 Å². The van der Waals surface area contributed by atoms with Gasteiger partial charge in [0.2, 0.25) is 0 Å². The number of methoxy groups -OCH3 is 2. The highest BCUT2D eigenvalue weighted by Gasteiger charge is 2.04. The third kappa shape index (κ3) is 3.71. The standard InChI is InChI=1S/C14H20N4O2/c1-18-10-12(16-17-18)9-15-7-6-11-4-5-13(19-2)14(8-11)20-3/h4-5,8,10,15H,6-7,9H2,1-3H3. The molecule has 1 heterocycles. The molecule has 2 aromatic rings. The molecule has 0 unspecified atom stereocenters. The summed E-state index contributed by atoms with van der Waals surface area (Å²) in [7, 11) is 5.15. The lowest BCUT2D eigenvalue weighted by Crippen LogP contribution is -2.17. The van der Waals surface area contributed by atoms with Gasteiger partial charge in [-0.1, -0.05) is 11.3 Å². The number of hydrogen-bond acceptors (Lipinski definition) is 5. The average molecular weight is 276 g/mol. The maximum absolute atomic E-state index is 5.29. The summed E-state index contributed by atoms with van der Waals surface area (Å²) in [6.07, 6.45) is 2.82. The monoisotopic (exact) mass is 276 g/mol. The number of benzene rings is 1. The van der Waals surface area contributed by atoms with E-state index in [1.807, 2.05) is 31.4 Å². The molecule has 0 spiro atoms. The van der Waals surface area contributed by atoms with E-state index >= 15 is 0 Å². The summed E-state index contributed by atoms with van der Waals surface area (Å²) in [5.74, 6) is 1.52. The van der Waals surface area contributed by atoms with Gasteiger partial charge in [0.15, 0.2) is 11.5 Å². The molecule has 6 heteroatoms. The fourth-order valence-electron chi connectivity index (χ4n) is 1.96. The first kappa shape index (κ1) is 14.3. The van der Waals surface area contributed by atoms with Gasteiger partial charge in [-0.2, -0.15) is 0 Å². The van der Waals surface area contributed by atoms with E-state index < -0.39 is 0 Å². The Morgan fingerprint density at radius 2 is 2.00 bits per heavy atom. The van der Waals surface area contributed by atoms with Crippen molar-refractivity contribution in [3.8, 4) is 11.5 Å². The largest absolute Gasteiger partial charge is 0.493 e. The Bertz CT molecular complexity index is 554. The van der Waals surface area contributed by atoms with Crippen LogP contribution in [0.5, 0.6) is 11.5 Å². The lowest BCUT2D eigenvalue weighted by Gasteiger charge is -2.09. The van der Waals surface area contributed by atoms with E-state index in [1.54, 1.807) is 18.9 Å². The van der Waals surface area contributed by atoms with Gasteiger partial charge in [-0.3, -0.25) is 4.68 Å². The van der Waals surface area contributed by atoms with E-state index in [1.165, 1.54) is 5.56 Å². The van der Waals surface area contributed by atoms with Crippen molar-refractivity contribution < 1.29 is 9.47 Å². The van der Waals surface area contributed by atoms with Crippen molar-refractivity contribution in [2.45, 2.75) is 13.0 Å². The fourth-order valence-corrected chi connectivity index (χ4v) is 1.96. The molecular formula is C14H20N4O2. The van der Waals surface area contributed by atoms with Crippen LogP contribution in [-0.4, -0.2) is 35.8 Å². The zero-order valence-corrected chi connectivity index (χ0v) is 12.1. The number of aromatic nitrogens is 3. The lowest BCUT2D eigenvalue weighted by molar-refractivity contribution is 0.354. The Hall–Kier alpha value is -2.08. The van der Waals surface area contributed by atoms with Gasteiger partial charge in [-0.25, -0.2) is 0 Å². The predicted molar refractivity (Wildman–Crippen MR) is 76.0 cm³/mol. The average Bonchev–Trinajstić information content (AvgIpc) is 2.89. The summed E-state index contributed by atoms with van der Waals surface area (Å²) < 4.78 is 12.2. The number of hydrogen-bond donors (Lipinski definition) is 1. The van der Waals surface area contributed by atoms with E-state index in [9.17, 15) is 0 Å². The van der Waals surface area contributed by atoms with Crippen molar-refractivity contribution in [1.29, 1.82) is 0 Å². The SMILES string of the molecule is COc1ccc(CCNCc2cn(C)nn2)cc1OC. The summed E-state index contributed by atoms with van der Waals surface area (Å²) in [5, 5.41) is 11.3. The Balaban J connectivity index is 1.82. The number of aryl methyl sites for hydroxylation is 1. The molecule has 1 N–H and O–H groups in total. The van der Waals surface area contributed by atoms with Gasteiger partial charge in [0, 0.05) is 19.8 Å². The molecule has 2 rings (SSSR count). The minimum Gasteiger partial charge on any atom is -0.493 e. The number of rotatable bonds is 7. The molecule has 0 atom stereocenters. The summed E-state index contributed by atoms with van der Waals surface area (Å²) in [4.78, 5) is 0. The quantitative estimate of drug-likeness (QED) is 0.769. The number of nitrogens with one attached hydrogen (secondary N) is 1. The van der Waals surface area contributed by atoms with Gasteiger partial charge in [-0.15, -0.1) is 5.10 Å². The smallest absolute Gasteiger partial charge is 0.160 e. The van der Waals surface area contributed by atoms with E-state index in [-0.39, 0.29) is 0 Å². The summed E-state index contributed by atoms with van der Waals surface area (Å²) in [6.45, 7) is 1.59. The minimum atomic E-state index is 0.723. The Kier molecular flexibility index (Phi) is 4.95. The van der Waals surface area contributed by atoms with Crippen molar-refractivity contribution in [1.82, 2.24) is 20.3 Å². The van der Waals surface area contributed by atoms with Crippen LogP contribution in [0.25, 0.3) is 0 Å². The molecule has 0 saturated carbocycles. The minimum absolute atomic E-state index is 0.723. The van der Waals surface area contributed by atoms with E-state index in [4.69, 9.17) is 9.47 Å². The van der Waals surface area contributed by atoms with E-state index in [0.29, 0.717) is 0 Å². The molecule has 0 amide bonds. The van der Waals surface area contributed by atoms with Crippen molar-refractivity contribution in [3.05, 3.63) is 35.7 Å². The number of nitrogens with zero attached hydrogens (tertiary/aromatic N) is 3. The molecule has 0 saturated heterocycles. The number of ether oxygens (including phenoxy) is 2. The van der Waals surface area contributed by atoms with Crippen LogP contribution >= 0.6 is 0 Å².